The van der Waals surface area contributed by atoms with Crippen LogP contribution < -0.4 is 5.32 Å². The van der Waals surface area contributed by atoms with Crippen LogP contribution in [0.15, 0.2) is 16.7 Å². The maximum Gasteiger partial charge on any atom is 0.339 e. The summed E-state index contributed by atoms with van der Waals surface area (Å²) in [6.45, 7) is 1.91. The standard InChI is InChI=1S/C10H12N2O4.ClH/c13-9-6-12(3-2-11-9)5-8-7(10(14)15)1-4-16-8;/h1,4H,2-3,5-6H2,(H,11,13)(H,14,15);1H. The third-order valence-electron chi connectivity index (χ3n) is 2.46. The van der Waals surface area contributed by atoms with Crippen LogP contribution in [0.4, 0.5) is 0 Å². The summed E-state index contributed by atoms with van der Waals surface area (Å²) in [5.74, 6) is -0.665. The summed E-state index contributed by atoms with van der Waals surface area (Å²) in [7, 11) is 0. The van der Waals surface area contributed by atoms with Gasteiger partial charge in [-0.25, -0.2) is 4.79 Å². The predicted octanol–water partition coefficient (Wildman–Crippen LogP) is 0.331. The second kappa shape index (κ2) is 5.70. The van der Waals surface area contributed by atoms with Gasteiger partial charge in [0.1, 0.15) is 11.3 Å². The molecule has 0 bridgehead atoms. The van der Waals surface area contributed by atoms with Crippen LogP contribution >= 0.6 is 12.4 Å². The minimum absolute atomic E-state index is 0. The molecule has 2 rings (SSSR count). The van der Waals surface area contributed by atoms with Crippen LogP contribution in [0, 0.1) is 0 Å². The molecule has 2 heterocycles. The summed E-state index contributed by atoms with van der Waals surface area (Å²) < 4.78 is 5.11. The predicted molar refractivity (Wildman–Crippen MR) is 61.2 cm³/mol. The van der Waals surface area contributed by atoms with Crippen molar-refractivity contribution in [3.05, 3.63) is 23.7 Å². The van der Waals surface area contributed by atoms with E-state index in [9.17, 15) is 9.59 Å². The number of carbonyl (C=O) groups excluding carboxylic acids is 1. The van der Waals surface area contributed by atoms with E-state index < -0.39 is 5.97 Å². The number of halogens is 1. The van der Waals surface area contributed by atoms with Crippen LogP contribution in [0.25, 0.3) is 0 Å². The van der Waals surface area contributed by atoms with Crippen LogP contribution in [-0.2, 0) is 11.3 Å². The first-order valence-electron chi connectivity index (χ1n) is 4.95. The molecule has 6 nitrogen and oxygen atoms in total. The molecular formula is C10H13ClN2O4. The van der Waals surface area contributed by atoms with E-state index in [-0.39, 0.29) is 30.4 Å². The average Bonchev–Trinajstić information content (AvgIpc) is 2.66. The molecule has 0 atom stereocenters. The lowest BCUT2D eigenvalue weighted by atomic mass is 10.2. The number of amides is 1. The lowest BCUT2D eigenvalue weighted by molar-refractivity contribution is -0.124. The van der Waals surface area contributed by atoms with Gasteiger partial charge in [0.15, 0.2) is 0 Å². The highest BCUT2D eigenvalue weighted by molar-refractivity contribution is 5.88. The summed E-state index contributed by atoms with van der Waals surface area (Å²) in [5, 5.41) is 11.6. The maximum atomic E-state index is 11.1. The van der Waals surface area contributed by atoms with E-state index in [2.05, 4.69) is 5.32 Å². The lowest BCUT2D eigenvalue weighted by Crippen LogP contribution is -2.47. The Bertz CT molecular complexity index is 418. The van der Waals surface area contributed by atoms with E-state index >= 15 is 0 Å². The molecule has 1 amide bonds. The minimum Gasteiger partial charge on any atom is -0.478 e. The molecule has 0 radical (unpaired) electrons. The largest absolute Gasteiger partial charge is 0.478 e. The number of hydrogen-bond donors (Lipinski definition) is 2. The molecular weight excluding hydrogens is 248 g/mol. The van der Waals surface area contributed by atoms with E-state index in [1.54, 1.807) is 0 Å². The zero-order valence-electron chi connectivity index (χ0n) is 9.01. The summed E-state index contributed by atoms with van der Waals surface area (Å²) in [4.78, 5) is 23.8. The molecule has 7 heteroatoms. The molecule has 0 saturated carbocycles. The first-order valence-corrected chi connectivity index (χ1v) is 4.95. The third kappa shape index (κ3) is 3.21. The zero-order chi connectivity index (χ0) is 11.5. The number of carbonyl (C=O) groups is 2. The fourth-order valence-electron chi connectivity index (χ4n) is 1.68. The van der Waals surface area contributed by atoms with Gasteiger partial charge >= 0.3 is 5.97 Å². The normalized spacial score (nSPS) is 16.1. The molecule has 0 unspecified atom stereocenters. The van der Waals surface area contributed by atoms with E-state index in [0.717, 1.165) is 0 Å². The van der Waals surface area contributed by atoms with Gasteiger partial charge in [0.2, 0.25) is 5.91 Å². The van der Waals surface area contributed by atoms with Crippen molar-refractivity contribution >= 4 is 24.3 Å². The molecule has 0 spiro atoms. The molecule has 1 aliphatic heterocycles. The highest BCUT2D eigenvalue weighted by Gasteiger charge is 2.20. The van der Waals surface area contributed by atoms with Gasteiger partial charge in [-0.05, 0) is 6.07 Å². The summed E-state index contributed by atoms with van der Waals surface area (Å²) in [6.07, 6.45) is 1.35. The van der Waals surface area contributed by atoms with Crippen LogP contribution in [0.2, 0.25) is 0 Å². The number of carboxylic acid groups (broad SMARTS) is 1. The summed E-state index contributed by atoms with van der Waals surface area (Å²) >= 11 is 0. The Hall–Kier alpha value is -1.53. The van der Waals surface area contributed by atoms with Crippen molar-refractivity contribution in [2.75, 3.05) is 19.6 Å². The number of rotatable bonds is 3. The lowest BCUT2D eigenvalue weighted by Gasteiger charge is -2.25. The maximum absolute atomic E-state index is 11.1. The minimum atomic E-state index is -1.01. The SMILES string of the molecule is Cl.O=C1CN(Cc2occc2C(=O)O)CCN1. The summed E-state index contributed by atoms with van der Waals surface area (Å²) in [6, 6.07) is 1.42. The summed E-state index contributed by atoms with van der Waals surface area (Å²) in [5.41, 5.74) is 0.158. The zero-order valence-corrected chi connectivity index (χ0v) is 9.83. The highest BCUT2D eigenvalue weighted by Crippen LogP contribution is 2.13. The monoisotopic (exact) mass is 260 g/mol. The van der Waals surface area contributed by atoms with Gasteiger partial charge in [-0.1, -0.05) is 0 Å². The van der Waals surface area contributed by atoms with Gasteiger partial charge in [-0.3, -0.25) is 9.69 Å². The Morgan fingerprint density at radius 3 is 3.00 bits per heavy atom. The van der Waals surface area contributed by atoms with Crippen LogP contribution in [0.1, 0.15) is 16.1 Å². The van der Waals surface area contributed by atoms with Crippen LogP contribution in [0.5, 0.6) is 0 Å². The number of nitrogens with zero attached hydrogens (tertiary/aromatic N) is 1. The number of aromatic carboxylic acids is 1. The molecule has 1 aromatic rings. The van der Waals surface area contributed by atoms with Crippen molar-refractivity contribution in [2.24, 2.45) is 0 Å². The molecule has 0 aliphatic carbocycles. The molecule has 1 fully saturated rings. The van der Waals surface area contributed by atoms with Crippen molar-refractivity contribution in [3.8, 4) is 0 Å². The fourth-order valence-corrected chi connectivity index (χ4v) is 1.68. The molecule has 1 aromatic heterocycles. The first-order chi connectivity index (χ1) is 7.66. The Kier molecular flexibility index (Phi) is 4.53. The van der Waals surface area contributed by atoms with Crippen LogP contribution in [0.3, 0.4) is 0 Å². The van der Waals surface area contributed by atoms with E-state index in [1.165, 1.54) is 12.3 Å². The van der Waals surface area contributed by atoms with Gasteiger partial charge in [0, 0.05) is 13.1 Å². The second-order valence-corrected chi connectivity index (χ2v) is 3.62. The quantitative estimate of drug-likeness (QED) is 0.818. The topological polar surface area (TPSA) is 82.8 Å². The van der Waals surface area contributed by atoms with E-state index in [4.69, 9.17) is 9.52 Å². The van der Waals surface area contributed by atoms with E-state index in [0.29, 0.717) is 25.4 Å². The van der Waals surface area contributed by atoms with Crippen molar-refractivity contribution in [2.45, 2.75) is 6.54 Å². The number of nitrogens with one attached hydrogen (secondary N) is 1. The van der Waals surface area contributed by atoms with Gasteiger partial charge < -0.3 is 14.8 Å². The Morgan fingerprint density at radius 1 is 1.59 bits per heavy atom. The number of carboxylic acids is 1. The molecule has 0 aromatic carbocycles. The highest BCUT2D eigenvalue weighted by atomic mass is 35.5. The van der Waals surface area contributed by atoms with Crippen molar-refractivity contribution < 1.29 is 19.1 Å². The van der Waals surface area contributed by atoms with Crippen LogP contribution in [-0.4, -0.2) is 41.5 Å². The van der Waals surface area contributed by atoms with Crippen molar-refractivity contribution in [1.29, 1.82) is 0 Å². The second-order valence-electron chi connectivity index (χ2n) is 3.62. The van der Waals surface area contributed by atoms with Gasteiger partial charge in [-0.2, -0.15) is 0 Å². The number of piperazine rings is 1. The number of hydrogen-bond acceptors (Lipinski definition) is 4. The van der Waals surface area contributed by atoms with Gasteiger partial charge in [0.05, 0.1) is 19.4 Å². The van der Waals surface area contributed by atoms with Gasteiger partial charge in [0.25, 0.3) is 0 Å². The smallest absolute Gasteiger partial charge is 0.339 e. The molecule has 1 saturated heterocycles. The number of furan rings is 1. The Balaban J connectivity index is 0.00000144. The molecule has 1 aliphatic rings. The molecule has 17 heavy (non-hydrogen) atoms. The van der Waals surface area contributed by atoms with Crippen molar-refractivity contribution in [3.63, 3.8) is 0 Å². The third-order valence-corrected chi connectivity index (χ3v) is 2.46. The Labute approximate surface area is 104 Å². The fraction of sp³-hybridized carbons (Fsp3) is 0.400. The average molecular weight is 261 g/mol. The molecule has 2 N–H and O–H groups in total. The Morgan fingerprint density at radius 2 is 2.35 bits per heavy atom. The van der Waals surface area contributed by atoms with E-state index in [1.807, 2.05) is 4.90 Å². The van der Waals surface area contributed by atoms with Gasteiger partial charge in [-0.15, -0.1) is 12.4 Å². The van der Waals surface area contributed by atoms with Crippen molar-refractivity contribution in [1.82, 2.24) is 10.2 Å². The molecule has 94 valence electrons. The first kappa shape index (κ1) is 13.5.